The van der Waals surface area contributed by atoms with E-state index in [2.05, 4.69) is 5.32 Å². The number of hydrogen-bond donors (Lipinski definition) is 1. The molecule has 10 heteroatoms. The van der Waals surface area contributed by atoms with Crippen molar-refractivity contribution in [1.29, 1.82) is 0 Å². The van der Waals surface area contributed by atoms with Gasteiger partial charge in [-0.15, -0.1) is 0 Å². The number of alkyl halides is 3. The van der Waals surface area contributed by atoms with Gasteiger partial charge in [-0.1, -0.05) is 11.6 Å². The van der Waals surface area contributed by atoms with E-state index in [4.69, 9.17) is 11.6 Å². The number of nitrogens with zero attached hydrogens (tertiary/aromatic N) is 2. The first-order valence-electron chi connectivity index (χ1n) is 7.34. The monoisotopic (exact) mass is 377 g/mol. The molecule has 0 bridgehead atoms. The predicted octanol–water partition coefficient (Wildman–Crippen LogP) is 1.99. The minimum Gasteiger partial charge on any atom is -0.342 e. The van der Waals surface area contributed by atoms with Crippen molar-refractivity contribution in [2.45, 2.75) is 12.6 Å². The first-order chi connectivity index (χ1) is 11.7. The third-order valence-electron chi connectivity index (χ3n) is 3.68. The van der Waals surface area contributed by atoms with Gasteiger partial charge in [0.2, 0.25) is 18.2 Å². The summed E-state index contributed by atoms with van der Waals surface area (Å²) in [6.07, 6.45) is -4.45. The van der Waals surface area contributed by atoms with E-state index in [9.17, 15) is 27.6 Å². The molecule has 0 atom stereocenters. The summed E-state index contributed by atoms with van der Waals surface area (Å²) in [5.41, 5.74) is -1.16. The van der Waals surface area contributed by atoms with Gasteiger partial charge >= 0.3 is 6.18 Å². The topological polar surface area (TPSA) is 69.7 Å². The van der Waals surface area contributed by atoms with Crippen molar-refractivity contribution in [2.24, 2.45) is 0 Å². The van der Waals surface area contributed by atoms with Gasteiger partial charge < -0.3 is 15.1 Å². The Morgan fingerprint density at radius 1 is 1.20 bits per heavy atom. The fourth-order valence-corrected chi connectivity index (χ4v) is 2.58. The van der Waals surface area contributed by atoms with Crippen LogP contribution in [0.4, 0.5) is 18.9 Å². The van der Waals surface area contributed by atoms with Crippen LogP contribution < -0.4 is 5.32 Å². The van der Waals surface area contributed by atoms with Crippen LogP contribution >= 0.6 is 11.6 Å². The minimum absolute atomic E-state index is 0.0969. The molecule has 0 unspecified atom stereocenters. The summed E-state index contributed by atoms with van der Waals surface area (Å²) in [4.78, 5) is 37.5. The van der Waals surface area contributed by atoms with Gasteiger partial charge in [-0.05, 0) is 18.2 Å². The number of piperazine rings is 1. The maximum Gasteiger partial charge on any atom is 0.417 e. The van der Waals surface area contributed by atoms with Crippen LogP contribution in [0.5, 0.6) is 0 Å². The van der Waals surface area contributed by atoms with Crippen LogP contribution in [0.3, 0.4) is 0 Å². The molecule has 1 aromatic carbocycles. The Kier molecular flexibility index (Phi) is 5.89. The summed E-state index contributed by atoms with van der Waals surface area (Å²) < 4.78 is 38.4. The number of nitrogens with one attached hydrogen (secondary N) is 1. The first kappa shape index (κ1) is 19.0. The molecule has 1 heterocycles. The number of carbonyl (C=O) groups is 3. The highest BCUT2D eigenvalue weighted by Crippen LogP contribution is 2.36. The number of carbonyl (C=O) groups excluding carboxylic acids is 3. The second-order valence-corrected chi connectivity index (χ2v) is 5.85. The highest BCUT2D eigenvalue weighted by atomic mass is 35.5. The number of amides is 3. The molecule has 1 N–H and O–H groups in total. The third kappa shape index (κ3) is 5.09. The van der Waals surface area contributed by atoms with Gasteiger partial charge in [0.1, 0.15) is 6.42 Å². The van der Waals surface area contributed by atoms with E-state index in [-0.39, 0.29) is 5.69 Å². The van der Waals surface area contributed by atoms with Crippen LogP contribution in [-0.2, 0) is 20.6 Å². The van der Waals surface area contributed by atoms with Crippen LogP contribution in [-0.4, -0.2) is 54.2 Å². The Balaban J connectivity index is 1.94. The minimum atomic E-state index is -4.65. The van der Waals surface area contributed by atoms with E-state index >= 15 is 0 Å². The second kappa shape index (κ2) is 7.73. The molecule has 1 aliphatic rings. The molecule has 2 rings (SSSR count). The second-order valence-electron chi connectivity index (χ2n) is 5.44. The SMILES string of the molecule is O=CN1CCN(C(=O)CC(=O)Nc2ccc(Cl)c(C(F)(F)F)c2)CC1. The zero-order valence-electron chi connectivity index (χ0n) is 13.0. The zero-order chi connectivity index (χ0) is 18.6. The fraction of sp³-hybridized carbons (Fsp3) is 0.400. The highest BCUT2D eigenvalue weighted by molar-refractivity contribution is 6.31. The van der Waals surface area contributed by atoms with Crippen molar-refractivity contribution in [3.05, 3.63) is 28.8 Å². The van der Waals surface area contributed by atoms with E-state index in [0.29, 0.717) is 38.7 Å². The Labute approximate surface area is 146 Å². The smallest absolute Gasteiger partial charge is 0.342 e. The van der Waals surface area contributed by atoms with Crippen molar-refractivity contribution in [1.82, 2.24) is 9.80 Å². The lowest BCUT2D eigenvalue weighted by Gasteiger charge is -2.32. The Bertz CT molecular complexity index is 674. The molecule has 1 aliphatic heterocycles. The molecule has 0 radical (unpaired) electrons. The maximum atomic E-state index is 12.8. The molecule has 136 valence electrons. The fourth-order valence-electron chi connectivity index (χ4n) is 2.35. The summed E-state index contributed by atoms with van der Waals surface area (Å²) >= 11 is 5.50. The standard InChI is InChI=1S/C15H15ClF3N3O3/c16-12-2-1-10(7-11(12)15(17,18)19)20-13(24)8-14(25)22-5-3-21(9-23)4-6-22/h1-2,7,9H,3-6,8H2,(H,20,24). The molecule has 1 fully saturated rings. The molecule has 1 aromatic rings. The van der Waals surface area contributed by atoms with Crippen molar-refractivity contribution >= 4 is 35.5 Å². The Morgan fingerprint density at radius 2 is 1.84 bits per heavy atom. The van der Waals surface area contributed by atoms with E-state index in [1.54, 1.807) is 0 Å². The van der Waals surface area contributed by atoms with Crippen molar-refractivity contribution < 1.29 is 27.6 Å². The molecule has 1 saturated heterocycles. The van der Waals surface area contributed by atoms with Gasteiger partial charge in [-0.2, -0.15) is 13.2 Å². The maximum absolute atomic E-state index is 12.8. The Morgan fingerprint density at radius 3 is 2.40 bits per heavy atom. The van der Waals surface area contributed by atoms with Crippen LogP contribution in [0.25, 0.3) is 0 Å². The average Bonchev–Trinajstić information content (AvgIpc) is 2.55. The zero-order valence-corrected chi connectivity index (χ0v) is 13.7. The van der Waals surface area contributed by atoms with E-state index in [1.165, 1.54) is 15.9 Å². The molecule has 0 saturated carbocycles. The Hall–Kier alpha value is -2.29. The average molecular weight is 378 g/mol. The van der Waals surface area contributed by atoms with E-state index in [1.807, 2.05) is 0 Å². The van der Waals surface area contributed by atoms with Gasteiger partial charge in [0.25, 0.3) is 0 Å². The molecule has 3 amide bonds. The third-order valence-corrected chi connectivity index (χ3v) is 4.01. The number of hydrogen-bond acceptors (Lipinski definition) is 3. The molecular weight excluding hydrogens is 363 g/mol. The lowest BCUT2D eigenvalue weighted by atomic mass is 10.2. The summed E-state index contributed by atoms with van der Waals surface area (Å²) in [6.45, 7) is 1.38. The van der Waals surface area contributed by atoms with Crippen LogP contribution in [0.1, 0.15) is 12.0 Å². The molecule has 0 spiro atoms. The van der Waals surface area contributed by atoms with Crippen LogP contribution in [0, 0.1) is 0 Å². The van der Waals surface area contributed by atoms with E-state index < -0.39 is 35.0 Å². The van der Waals surface area contributed by atoms with Gasteiger partial charge in [0.05, 0.1) is 10.6 Å². The van der Waals surface area contributed by atoms with Gasteiger partial charge in [-0.25, -0.2) is 0 Å². The quantitative estimate of drug-likeness (QED) is 0.644. The van der Waals surface area contributed by atoms with Crippen LogP contribution in [0.2, 0.25) is 5.02 Å². The predicted molar refractivity (Wildman–Crippen MR) is 83.9 cm³/mol. The molecular formula is C15H15ClF3N3O3. The summed E-state index contributed by atoms with van der Waals surface area (Å²) in [7, 11) is 0. The molecule has 6 nitrogen and oxygen atoms in total. The first-order valence-corrected chi connectivity index (χ1v) is 7.72. The number of rotatable bonds is 4. The van der Waals surface area contributed by atoms with Crippen LogP contribution in [0.15, 0.2) is 18.2 Å². The van der Waals surface area contributed by atoms with Gasteiger partial charge in [0.15, 0.2) is 0 Å². The largest absolute Gasteiger partial charge is 0.417 e. The number of halogens is 4. The lowest BCUT2D eigenvalue weighted by Crippen LogP contribution is -2.48. The summed E-state index contributed by atoms with van der Waals surface area (Å²) in [5.74, 6) is -1.17. The molecule has 25 heavy (non-hydrogen) atoms. The molecule has 0 aliphatic carbocycles. The highest BCUT2D eigenvalue weighted by Gasteiger charge is 2.33. The van der Waals surface area contributed by atoms with Gasteiger partial charge in [0, 0.05) is 31.9 Å². The van der Waals surface area contributed by atoms with Crippen molar-refractivity contribution in [3.63, 3.8) is 0 Å². The van der Waals surface area contributed by atoms with E-state index in [0.717, 1.165) is 6.07 Å². The summed E-state index contributed by atoms with van der Waals surface area (Å²) in [6, 6.07) is 2.97. The van der Waals surface area contributed by atoms with Crippen molar-refractivity contribution in [3.8, 4) is 0 Å². The lowest BCUT2D eigenvalue weighted by molar-refractivity contribution is -0.138. The summed E-state index contributed by atoms with van der Waals surface area (Å²) in [5, 5.41) is 1.78. The normalized spacial score (nSPS) is 15.0. The van der Waals surface area contributed by atoms with Crippen molar-refractivity contribution in [2.75, 3.05) is 31.5 Å². The molecule has 0 aromatic heterocycles. The number of anilines is 1. The number of benzene rings is 1. The van der Waals surface area contributed by atoms with Gasteiger partial charge in [-0.3, -0.25) is 14.4 Å².